The van der Waals surface area contributed by atoms with E-state index in [0.717, 1.165) is 25.9 Å². The Morgan fingerprint density at radius 1 is 1.23 bits per heavy atom. The Morgan fingerprint density at radius 3 is 2.27 bits per heavy atom. The molecule has 1 heterocycles. The van der Waals surface area contributed by atoms with Gasteiger partial charge in [-0.25, -0.2) is 8.42 Å². The van der Waals surface area contributed by atoms with Crippen LogP contribution < -0.4 is 10.6 Å². The largest absolute Gasteiger partial charge is 0.351 e. The molecule has 0 atom stereocenters. The third-order valence-corrected chi connectivity index (χ3v) is 7.05. The second-order valence-electron chi connectivity index (χ2n) is 7.38. The minimum Gasteiger partial charge on any atom is -0.351 e. The second-order valence-corrected chi connectivity index (χ2v) is 9.38. The Morgan fingerprint density at radius 2 is 1.77 bits per heavy atom. The molecule has 0 radical (unpaired) electrons. The van der Waals surface area contributed by atoms with E-state index in [0.29, 0.717) is 12.1 Å². The van der Waals surface area contributed by atoms with Crippen LogP contribution >= 0.6 is 12.4 Å². The molecule has 1 aliphatic heterocycles. The van der Waals surface area contributed by atoms with Gasteiger partial charge in [0.25, 0.3) is 5.91 Å². The summed E-state index contributed by atoms with van der Waals surface area (Å²) in [6, 6.07) is 6.01. The number of halogens is 1. The molecule has 0 unspecified atom stereocenters. The standard InChI is InChI=1S/C18H29N3O3S.ClH/c1-14(2)21(4)25(23,24)16-7-5-15(6-8-16)17(22)20-13-18(3)9-11-19-12-10-18;/h5-8,14,19H,9-13H2,1-4H3,(H,20,22);1H. The van der Waals surface area contributed by atoms with Gasteiger partial charge in [-0.2, -0.15) is 4.31 Å². The van der Waals surface area contributed by atoms with Gasteiger partial charge in [0.05, 0.1) is 4.90 Å². The summed E-state index contributed by atoms with van der Waals surface area (Å²) in [4.78, 5) is 12.5. The van der Waals surface area contributed by atoms with Gasteiger partial charge in [0.15, 0.2) is 0 Å². The Balaban J connectivity index is 0.00000338. The lowest BCUT2D eigenvalue weighted by atomic mass is 9.81. The predicted molar refractivity (Wildman–Crippen MR) is 106 cm³/mol. The van der Waals surface area contributed by atoms with Gasteiger partial charge in [-0.05, 0) is 69.5 Å². The molecule has 1 aromatic rings. The highest BCUT2D eigenvalue weighted by molar-refractivity contribution is 7.89. The van der Waals surface area contributed by atoms with Crippen molar-refractivity contribution < 1.29 is 13.2 Å². The van der Waals surface area contributed by atoms with Gasteiger partial charge in [-0.3, -0.25) is 4.79 Å². The van der Waals surface area contributed by atoms with E-state index in [2.05, 4.69) is 17.6 Å². The molecule has 2 N–H and O–H groups in total. The number of nitrogens with zero attached hydrogens (tertiary/aromatic N) is 1. The number of benzene rings is 1. The molecule has 0 saturated carbocycles. The lowest BCUT2D eigenvalue weighted by molar-refractivity contribution is 0.0922. The molecule has 0 spiro atoms. The van der Waals surface area contributed by atoms with Gasteiger partial charge >= 0.3 is 0 Å². The van der Waals surface area contributed by atoms with E-state index in [4.69, 9.17) is 0 Å². The molecule has 1 amide bonds. The molecule has 6 nitrogen and oxygen atoms in total. The normalized spacial score (nSPS) is 17.0. The van der Waals surface area contributed by atoms with Gasteiger partial charge in [-0.15, -0.1) is 12.4 Å². The third kappa shape index (κ3) is 5.42. The molecule has 1 aliphatic rings. The summed E-state index contributed by atoms with van der Waals surface area (Å²) in [5.74, 6) is -0.166. The summed E-state index contributed by atoms with van der Waals surface area (Å²) in [6.07, 6.45) is 2.07. The first-order valence-electron chi connectivity index (χ1n) is 8.73. The topological polar surface area (TPSA) is 78.5 Å². The van der Waals surface area contributed by atoms with Crippen LogP contribution in [-0.2, 0) is 10.0 Å². The number of amides is 1. The van der Waals surface area contributed by atoms with Crippen molar-refractivity contribution in [3.8, 4) is 0 Å². The SMILES string of the molecule is CC(C)N(C)S(=O)(=O)c1ccc(C(=O)NCC2(C)CCNCC2)cc1.Cl. The monoisotopic (exact) mass is 403 g/mol. The van der Waals surface area contributed by atoms with E-state index >= 15 is 0 Å². The molecule has 0 aliphatic carbocycles. The fourth-order valence-corrected chi connectivity index (χ4v) is 4.19. The first-order chi connectivity index (χ1) is 11.7. The van der Waals surface area contributed by atoms with Crippen molar-refractivity contribution in [1.82, 2.24) is 14.9 Å². The highest BCUT2D eigenvalue weighted by Crippen LogP contribution is 2.26. The van der Waals surface area contributed by atoms with Crippen molar-refractivity contribution >= 4 is 28.3 Å². The smallest absolute Gasteiger partial charge is 0.251 e. The predicted octanol–water partition coefficient (Wildman–Crippen LogP) is 2.26. The first-order valence-corrected chi connectivity index (χ1v) is 10.2. The van der Waals surface area contributed by atoms with E-state index in [-0.39, 0.29) is 34.7 Å². The van der Waals surface area contributed by atoms with E-state index in [1.165, 1.54) is 16.4 Å². The number of sulfonamides is 1. The van der Waals surface area contributed by atoms with Crippen LogP contribution in [-0.4, -0.2) is 51.4 Å². The fourth-order valence-electron chi connectivity index (χ4n) is 2.82. The van der Waals surface area contributed by atoms with Crippen LogP contribution in [0.2, 0.25) is 0 Å². The molecule has 0 aromatic heterocycles. The summed E-state index contributed by atoms with van der Waals surface area (Å²) in [5.41, 5.74) is 0.591. The van der Waals surface area contributed by atoms with Crippen LogP contribution in [0.4, 0.5) is 0 Å². The van der Waals surface area contributed by atoms with Crippen LogP contribution in [0.25, 0.3) is 0 Å². The number of carbonyl (C=O) groups is 1. The molecule has 8 heteroatoms. The van der Waals surface area contributed by atoms with E-state index < -0.39 is 10.0 Å². The Hall–Kier alpha value is -1.15. The molecular weight excluding hydrogens is 374 g/mol. The Bertz CT molecular complexity index is 699. The maximum Gasteiger partial charge on any atom is 0.251 e. The van der Waals surface area contributed by atoms with Crippen molar-refractivity contribution in [2.45, 2.75) is 44.6 Å². The number of carbonyl (C=O) groups excluding carboxylic acids is 1. The van der Waals surface area contributed by atoms with Crippen LogP contribution in [0.5, 0.6) is 0 Å². The van der Waals surface area contributed by atoms with Gasteiger partial charge in [0, 0.05) is 25.2 Å². The summed E-state index contributed by atoms with van der Waals surface area (Å²) < 4.78 is 26.2. The van der Waals surface area contributed by atoms with Crippen molar-refractivity contribution in [1.29, 1.82) is 0 Å². The maximum absolute atomic E-state index is 12.4. The van der Waals surface area contributed by atoms with E-state index in [1.54, 1.807) is 19.2 Å². The molecule has 2 rings (SSSR count). The van der Waals surface area contributed by atoms with E-state index in [9.17, 15) is 13.2 Å². The maximum atomic E-state index is 12.4. The number of hydrogen-bond donors (Lipinski definition) is 2. The Labute approximate surface area is 163 Å². The lowest BCUT2D eigenvalue weighted by Crippen LogP contribution is -2.42. The van der Waals surface area contributed by atoms with Crippen molar-refractivity contribution in [3.05, 3.63) is 29.8 Å². The molecule has 1 aromatic carbocycles. The van der Waals surface area contributed by atoms with Crippen molar-refractivity contribution in [2.75, 3.05) is 26.7 Å². The quantitative estimate of drug-likeness (QED) is 0.763. The highest BCUT2D eigenvalue weighted by Gasteiger charge is 2.27. The number of nitrogens with one attached hydrogen (secondary N) is 2. The lowest BCUT2D eigenvalue weighted by Gasteiger charge is -2.34. The number of hydrogen-bond acceptors (Lipinski definition) is 4. The molecular formula is C18H30ClN3O3S. The number of rotatable bonds is 6. The molecule has 26 heavy (non-hydrogen) atoms. The number of piperidine rings is 1. The van der Waals surface area contributed by atoms with E-state index in [1.807, 2.05) is 13.8 Å². The van der Waals surface area contributed by atoms with Gasteiger partial charge < -0.3 is 10.6 Å². The summed E-state index contributed by atoms with van der Waals surface area (Å²) in [6.45, 7) is 8.40. The second kappa shape index (κ2) is 9.17. The van der Waals surface area contributed by atoms with Crippen LogP contribution in [0.1, 0.15) is 44.0 Å². The molecule has 1 fully saturated rings. The molecule has 0 bridgehead atoms. The minimum atomic E-state index is -3.53. The fraction of sp³-hybridized carbons (Fsp3) is 0.611. The average molecular weight is 404 g/mol. The molecule has 148 valence electrons. The van der Waals surface area contributed by atoms with Gasteiger partial charge in [0.1, 0.15) is 0 Å². The van der Waals surface area contributed by atoms with Crippen LogP contribution in [0, 0.1) is 5.41 Å². The van der Waals surface area contributed by atoms with Crippen LogP contribution in [0.3, 0.4) is 0 Å². The molecule has 1 saturated heterocycles. The summed E-state index contributed by atoms with van der Waals surface area (Å²) in [5, 5.41) is 6.30. The summed E-state index contributed by atoms with van der Waals surface area (Å²) >= 11 is 0. The zero-order valence-electron chi connectivity index (χ0n) is 15.9. The van der Waals surface area contributed by atoms with Crippen molar-refractivity contribution in [3.63, 3.8) is 0 Å². The Kier molecular flexibility index (Phi) is 8.07. The van der Waals surface area contributed by atoms with Crippen LogP contribution in [0.15, 0.2) is 29.2 Å². The minimum absolute atomic E-state index is 0. The summed E-state index contributed by atoms with van der Waals surface area (Å²) in [7, 11) is -1.97. The average Bonchev–Trinajstić information content (AvgIpc) is 2.59. The third-order valence-electron chi connectivity index (χ3n) is 5.01. The van der Waals surface area contributed by atoms with Gasteiger partial charge in [0.2, 0.25) is 10.0 Å². The van der Waals surface area contributed by atoms with Gasteiger partial charge in [-0.1, -0.05) is 6.92 Å². The first kappa shape index (κ1) is 22.9. The highest BCUT2D eigenvalue weighted by atomic mass is 35.5. The van der Waals surface area contributed by atoms with Crippen molar-refractivity contribution in [2.24, 2.45) is 5.41 Å². The zero-order chi connectivity index (χ0) is 18.7. The zero-order valence-corrected chi connectivity index (χ0v) is 17.5.